The smallest absolute Gasteiger partial charge is 0.264 e. The van der Waals surface area contributed by atoms with E-state index in [1.165, 1.54) is 11.8 Å². The Morgan fingerprint density at radius 1 is 0.892 bits per heavy atom. The Kier molecular flexibility index (Phi) is 7.10. The molecule has 0 spiro atoms. The standard InChI is InChI=1S/C29H29N3O4S/c1-30-24-19-21(28(33)32-16-14-31(15-17-32)23-6-4-5-7-25(23)36-3)10-13-26(24)37-27(29(30)34)18-20-8-11-22(35-2)12-9-20/h4-13,18-19H,14-17H2,1-3H3. The van der Waals surface area contributed by atoms with Gasteiger partial charge in [0.05, 0.1) is 30.5 Å². The van der Waals surface area contributed by atoms with Gasteiger partial charge in [0, 0.05) is 43.7 Å². The molecule has 0 atom stereocenters. The van der Waals surface area contributed by atoms with Crippen LogP contribution in [-0.4, -0.2) is 64.2 Å². The maximum absolute atomic E-state index is 13.3. The number of carbonyl (C=O) groups excluding carboxylic acids is 2. The highest BCUT2D eigenvalue weighted by molar-refractivity contribution is 8.04. The number of anilines is 2. The highest BCUT2D eigenvalue weighted by Crippen LogP contribution is 2.42. The van der Waals surface area contributed by atoms with Crippen LogP contribution in [0, 0.1) is 0 Å². The third-order valence-electron chi connectivity index (χ3n) is 6.71. The Morgan fingerprint density at radius 2 is 1.62 bits per heavy atom. The number of amides is 2. The molecule has 0 aliphatic carbocycles. The van der Waals surface area contributed by atoms with Gasteiger partial charge in [0.2, 0.25) is 0 Å². The van der Waals surface area contributed by atoms with Gasteiger partial charge in [-0.05, 0) is 54.1 Å². The number of piperazine rings is 1. The Morgan fingerprint density at radius 3 is 2.32 bits per heavy atom. The molecule has 37 heavy (non-hydrogen) atoms. The maximum atomic E-state index is 13.3. The van der Waals surface area contributed by atoms with Crippen LogP contribution < -0.4 is 19.3 Å². The number of hydrogen-bond acceptors (Lipinski definition) is 6. The molecule has 0 saturated carbocycles. The number of hydrogen-bond donors (Lipinski definition) is 0. The second kappa shape index (κ2) is 10.6. The second-order valence-electron chi connectivity index (χ2n) is 8.88. The van der Waals surface area contributed by atoms with E-state index >= 15 is 0 Å². The molecule has 0 radical (unpaired) electrons. The minimum atomic E-state index is -0.0941. The van der Waals surface area contributed by atoms with Crippen molar-refractivity contribution in [2.24, 2.45) is 0 Å². The van der Waals surface area contributed by atoms with Crippen molar-refractivity contribution in [2.75, 3.05) is 57.2 Å². The van der Waals surface area contributed by atoms with Gasteiger partial charge in [-0.1, -0.05) is 36.0 Å². The van der Waals surface area contributed by atoms with Crippen LogP contribution in [0.15, 0.2) is 76.5 Å². The number of para-hydroxylation sites is 2. The monoisotopic (exact) mass is 515 g/mol. The van der Waals surface area contributed by atoms with Crippen molar-refractivity contribution in [1.29, 1.82) is 0 Å². The van der Waals surface area contributed by atoms with E-state index in [2.05, 4.69) is 4.90 Å². The van der Waals surface area contributed by atoms with Crippen molar-refractivity contribution < 1.29 is 19.1 Å². The first kappa shape index (κ1) is 24.8. The zero-order valence-electron chi connectivity index (χ0n) is 21.1. The van der Waals surface area contributed by atoms with Gasteiger partial charge in [0.1, 0.15) is 11.5 Å². The van der Waals surface area contributed by atoms with Crippen molar-refractivity contribution in [2.45, 2.75) is 4.90 Å². The molecule has 7 nitrogen and oxygen atoms in total. The molecular formula is C29H29N3O4S. The topological polar surface area (TPSA) is 62.3 Å². The second-order valence-corrected chi connectivity index (χ2v) is 9.97. The van der Waals surface area contributed by atoms with Gasteiger partial charge in [0.25, 0.3) is 11.8 Å². The molecule has 1 saturated heterocycles. The first-order valence-electron chi connectivity index (χ1n) is 12.1. The first-order valence-corrected chi connectivity index (χ1v) is 12.9. The van der Waals surface area contributed by atoms with E-state index in [-0.39, 0.29) is 11.8 Å². The minimum Gasteiger partial charge on any atom is -0.497 e. The van der Waals surface area contributed by atoms with Crippen LogP contribution in [0.1, 0.15) is 15.9 Å². The molecule has 3 aromatic carbocycles. The number of rotatable bonds is 5. The van der Waals surface area contributed by atoms with E-state index in [9.17, 15) is 9.59 Å². The quantitative estimate of drug-likeness (QED) is 0.456. The van der Waals surface area contributed by atoms with E-state index < -0.39 is 0 Å². The number of nitrogens with zero attached hydrogens (tertiary/aromatic N) is 3. The molecule has 0 N–H and O–H groups in total. The van der Waals surface area contributed by atoms with Crippen molar-refractivity contribution in [1.82, 2.24) is 4.90 Å². The number of benzene rings is 3. The number of methoxy groups -OCH3 is 2. The van der Waals surface area contributed by atoms with Crippen LogP contribution >= 0.6 is 11.8 Å². The lowest BCUT2D eigenvalue weighted by atomic mass is 10.1. The molecule has 2 aliphatic heterocycles. The van der Waals surface area contributed by atoms with E-state index in [1.54, 1.807) is 26.2 Å². The summed E-state index contributed by atoms with van der Waals surface area (Å²) in [5, 5.41) is 0. The number of carbonyl (C=O) groups is 2. The molecule has 2 aliphatic rings. The average Bonchev–Trinajstić information content (AvgIpc) is 2.95. The number of ether oxygens (including phenoxy) is 2. The number of fused-ring (bicyclic) bond motifs is 1. The third-order valence-corrected chi connectivity index (χ3v) is 7.79. The zero-order chi connectivity index (χ0) is 25.9. The lowest BCUT2D eigenvalue weighted by molar-refractivity contribution is -0.114. The van der Waals surface area contributed by atoms with Crippen LogP contribution in [0.5, 0.6) is 11.5 Å². The van der Waals surface area contributed by atoms with Crippen molar-refractivity contribution in [3.63, 3.8) is 0 Å². The van der Waals surface area contributed by atoms with Crippen LogP contribution in [0.3, 0.4) is 0 Å². The first-order chi connectivity index (χ1) is 18.0. The summed E-state index contributed by atoms with van der Waals surface area (Å²) in [6, 6.07) is 21.2. The largest absolute Gasteiger partial charge is 0.497 e. The van der Waals surface area contributed by atoms with Gasteiger partial charge < -0.3 is 24.2 Å². The van der Waals surface area contributed by atoms with Crippen LogP contribution in [0.2, 0.25) is 0 Å². The van der Waals surface area contributed by atoms with E-state index in [1.807, 2.05) is 77.7 Å². The molecule has 2 heterocycles. The molecule has 0 bridgehead atoms. The van der Waals surface area contributed by atoms with Crippen LogP contribution in [0.25, 0.3) is 6.08 Å². The maximum Gasteiger partial charge on any atom is 0.264 e. The molecule has 8 heteroatoms. The molecule has 0 aromatic heterocycles. The number of likely N-dealkylation sites (N-methyl/N-ethyl adjacent to an activating group) is 1. The summed E-state index contributed by atoms with van der Waals surface area (Å²) in [6.45, 7) is 2.69. The van der Waals surface area contributed by atoms with Crippen molar-refractivity contribution >= 4 is 41.0 Å². The summed E-state index contributed by atoms with van der Waals surface area (Å²) in [7, 11) is 5.05. The highest BCUT2D eigenvalue weighted by Gasteiger charge is 2.29. The van der Waals surface area contributed by atoms with E-state index in [4.69, 9.17) is 9.47 Å². The van der Waals surface area contributed by atoms with Gasteiger partial charge in [-0.2, -0.15) is 0 Å². The molecule has 2 amide bonds. The predicted molar refractivity (Wildman–Crippen MR) is 148 cm³/mol. The van der Waals surface area contributed by atoms with Gasteiger partial charge >= 0.3 is 0 Å². The van der Waals surface area contributed by atoms with Gasteiger partial charge in [-0.15, -0.1) is 0 Å². The molecule has 190 valence electrons. The van der Waals surface area contributed by atoms with Crippen LogP contribution in [-0.2, 0) is 4.79 Å². The SMILES string of the molecule is COc1ccc(C=C2Sc3ccc(C(=O)N4CCN(c5ccccc5OC)CC4)cc3N(C)C2=O)cc1. The third kappa shape index (κ3) is 5.02. The number of thioether (sulfide) groups is 1. The average molecular weight is 516 g/mol. The lowest BCUT2D eigenvalue weighted by Gasteiger charge is -2.37. The minimum absolute atomic E-state index is 0.0205. The fourth-order valence-electron chi connectivity index (χ4n) is 4.60. The van der Waals surface area contributed by atoms with Gasteiger partial charge in [0.15, 0.2) is 0 Å². The Hall–Kier alpha value is -3.91. The Balaban J connectivity index is 1.30. The summed E-state index contributed by atoms with van der Waals surface area (Å²) in [6.07, 6.45) is 1.88. The van der Waals surface area contributed by atoms with E-state index in [0.29, 0.717) is 23.6 Å². The molecule has 1 fully saturated rings. The fraction of sp³-hybridized carbons (Fsp3) is 0.241. The predicted octanol–water partition coefficient (Wildman–Crippen LogP) is 4.78. The summed E-state index contributed by atoms with van der Waals surface area (Å²) in [5.74, 6) is 1.49. The van der Waals surface area contributed by atoms with Gasteiger partial charge in [-0.25, -0.2) is 0 Å². The summed E-state index contributed by atoms with van der Waals surface area (Å²) < 4.78 is 10.7. The van der Waals surface area contributed by atoms with Gasteiger partial charge in [-0.3, -0.25) is 9.59 Å². The van der Waals surface area contributed by atoms with E-state index in [0.717, 1.165) is 46.4 Å². The fourth-order valence-corrected chi connectivity index (χ4v) is 5.70. The van der Waals surface area contributed by atoms with Crippen molar-refractivity contribution in [3.8, 4) is 11.5 Å². The lowest BCUT2D eigenvalue weighted by Crippen LogP contribution is -2.49. The Labute approximate surface area is 221 Å². The molecule has 5 rings (SSSR count). The summed E-state index contributed by atoms with van der Waals surface area (Å²) in [4.78, 5) is 33.8. The van der Waals surface area contributed by atoms with Crippen LogP contribution in [0.4, 0.5) is 11.4 Å². The summed E-state index contributed by atoms with van der Waals surface area (Å²) >= 11 is 1.43. The molecule has 0 unspecified atom stereocenters. The summed E-state index contributed by atoms with van der Waals surface area (Å²) in [5.41, 5.74) is 3.31. The normalized spacial score (nSPS) is 16.6. The zero-order valence-corrected chi connectivity index (χ0v) is 22.0. The molecular weight excluding hydrogens is 486 g/mol. The Bertz CT molecular complexity index is 1350. The van der Waals surface area contributed by atoms with Crippen molar-refractivity contribution in [3.05, 3.63) is 82.8 Å². The highest BCUT2D eigenvalue weighted by atomic mass is 32.2. The molecule has 3 aromatic rings.